The molecular weight excluding hydrogens is 180 g/mol. The molecule has 0 aliphatic carbocycles. The summed E-state index contributed by atoms with van der Waals surface area (Å²) in [6, 6.07) is 0. The number of nitrogens with one attached hydrogen (secondary N) is 1. The van der Waals surface area contributed by atoms with Crippen LogP contribution in [0.5, 0.6) is 0 Å². The number of hydrogen-bond acceptors (Lipinski definition) is 3. The zero-order valence-corrected chi connectivity index (χ0v) is 10.1. The number of nitrogens with zero attached hydrogens (tertiary/aromatic N) is 1. The molecule has 0 aliphatic heterocycles. The summed E-state index contributed by atoms with van der Waals surface area (Å²) in [5.41, 5.74) is 0. The molecule has 0 saturated heterocycles. The molecule has 13 heavy (non-hydrogen) atoms. The van der Waals surface area contributed by atoms with Gasteiger partial charge in [-0.1, -0.05) is 33.1 Å². The predicted molar refractivity (Wildman–Crippen MR) is 62.7 cm³/mol. The fourth-order valence-electron chi connectivity index (χ4n) is 1.20. The van der Waals surface area contributed by atoms with Crippen molar-refractivity contribution in [3.63, 3.8) is 0 Å². The van der Waals surface area contributed by atoms with Gasteiger partial charge in [0.25, 0.3) is 0 Å². The fraction of sp³-hybridized carbons (Fsp3) is 1.00. The van der Waals surface area contributed by atoms with E-state index < -0.39 is 0 Å². The summed E-state index contributed by atoms with van der Waals surface area (Å²) in [6.07, 6.45) is 6.59. The summed E-state index contributed by atoms with van der Waals surface area (Å²) in [7, 11) is 1.99. The van der Waals surface area contributed by atoms with Crippen molar-refractivity contribution in [1.29, 1.82) is 0 Å². The molecule has 0 rings (SSSR count). The van der Waals surface area contributed by atoms with E-state index in [1.807, 2.05) is 7.05 Å². The van der Waals surface area contributed by atoms with Crippen molar-refractivity contribution in [1.82, 2.24) is 9.03 Å². The molecule has 0 spiro atoms. The maximum atomic E-state index is 3.15. The van der Waals surface area contributed by atoms with Crippen LogP contribution in [0.1, 0.15) is 46.0 Å². The number of unbranched alkanes of at least 4 members (excludes halogenated alkanes) is 3. The van der Waals surface area contributed by atoms with Gasteiger partial charge in [0.05, 0.1) is 0 Å². The molecular formula is C10H24N2S. The van der Waals surface area contributed by atoms with Gasteiger partial charge in [0, 0.05) is 25.2 Å². The molecule has 80 valence electrons. The summed E-state index contributed by atoms with van der Waals surface area (Å²) in [6.45, 7) is 6.93. The molecule has 2 nitrogen and oxygen atoms in total. The Hall–Kier alpha value is 0.270. The standard InChI is InChI=1S/C10H24N2S/c1-4-6-8-10-12(13-11-3)9-7-5-2/h11H,4-10H2,1-3H3. The van der Waals surface area contributed by atoms with E-state index in [1.165, 1.54) is 45.2 Å². The molecule has 3 heteroatoms. The Labute approximate surface area is 87.7 Å². The SMILES string of the molecule is CCCCCN(CCCC)SNC. The predicted octanol–water partition coefficient (Wildman–Crippen LogP) is 3.06. The van der Waals surface area contributed by atoms with Crippen LogP contribution in [-0.2, 0) is 0 Å². The van der Waals surface area contributed by atoms with Crippen molar-refractivity contribution in [3.8, 4) is 0 Å². The average Bonchev–Trinajstić information content (AvgIpc) is 2.14. The van der Waals surface area contributed by atoms with E-state index in [0.29, 0.717) is 0 Å². The highest BCUT2D eigenvalue weighted by Crippen LogP contribution is 2.09. The molecule has 0 aromatic heterocycles. The first-order valence-electron chi connectivity index (χ1n) is 5.43. The van der Waals surface area contributed by atoms with Gasteiger partial charge in [-0.3, -0.25) is 4.72 Å². The molecule has 0 saturated carbocycles. The Kier molecular flexibility index (Phi) is 10.6. The lowest BCUT2D eigenvalue weighted by Crippen LogP contribution is -2.22. The van der Waals surface area contributed by atoms with E-state index in [2.05, 4.69) is 22.9 Å². The second-order valence-corrected chi connectivity index (χ2v) is 4.39. The van der Waals surface area contributed by atoms with Crippen LogP contribution in [0, 0.1) is 0 Å². The van der Waals surface area contributed by atoms with Crippen LogP contribution in [0.15, 0.2) is 0 Å². The largest absolute Gasteiger partial charge is 0.254 e. The smallest absolute Gasteiger partial charge is 0.0101 e. The highest BCUT2D eigenvalue weighted by Gasteiger charge is 2.02. The van der Waals surface area contributed by atoms with Crippen LogP contribution in [0.4, 0.5) is 0 Å². The Morgan fingerprint density at radius 3 is 2.15 bits per heavy atom. The third-order valence-corrected chi connectivity index (χ3v) is 2.80. The Balaban J connectivity index is 3.41. The summed E-state index contributed by atoms with van der Waals surface area (Å²) < 4.78 is 5.58. The molecule has 0 radical (unpaired) electrons. The van der Waals surface area contributed by atoms with E-state index >= 15 is 0 Å². The van der Waals surface area contributed by atoms with Gasteiger partial charge < -0.3 is 0 Å². The van der Waals surface area contributed by atoms with Crippen molar-refractivity contribution in [2.24, 2.45) is 0 Å². The lowest BCUT2D eigenvalue weighted by Gasteiger charge is -2.19. The molecule has 1 N–H and O–H groups in total. The quantitative estimate of drug-likeness (QED) is 0.459. The Morgan fingerprint density at radius 1 is 1.00 bits per heavy atom. The van der Waals surface area contributed by atoms with Crippen molar-refractivity contribution < 1.29 is 0 Å². The lowest BCUT2D eigenvalue weighted by atomic mass is 10.2. The zero-order chi connectivity index (χ0) is 9.94. The summed E-state index contributed by atoms with van der Waals surface area (Å²) >= 11 is 1.75. The first-order chi connectivity index (χ1) is 6.35. The molecule has 0 heterocycles. The second-order valence-electron chi connectivity index (χ2n) is 3.29. The molecule has 0 aromatic rings. The number of hydrogen-bond donors (Lipinski definition) is 1. The van der Waals surface area contributed by atoms with Crippen LogP contribution >= 0.6 is 12.1 Å². The third kappa shape index (κ3) is 8.60. The molecule has 0 bridgehead atoms. The van der Waals surface area contributed by atoms with Crippen molar-refractivity contribution in [3.05, 3.63) is 0 Å². The molecule has 0 aromatic carbocycles. The monoisotopic (exact) mass is 204 g/mol. The average molecular weight is 204 g/mol. The van der Waals surface area contributed by atoms with Crippen molar-refractivity contribution >= 4 is 12.1 Å². The highest BCUT2D eigenvalue weighted by molar-refractivity contribution is 7.95. The minimum Gasteiger partial charge on any atom is -0.254 e. The van der Waals surface area contributed by atoms with Crippen molar-refractivity contribution in [2.45, 2.75) is 46.0 Å². The Morgan fingerprint density at radius 2 is 1.62 bits per heavy atom. The zero-order valence-electron chi connectivity index (χ0n) is 9.31. The van der Waals surface area contributed by atoms with E-state index in [-0.39, 0.29) is 0 Å². The van der Waals surface area contributed by atoms with Gasteiger partial charge >= 0.3 is 0 Å². The number of rotatable bonds is 9. The van der Waals surface area contributed by atoms with Gasteiger partial charge in [-0.05, 0) is 19.9 Å². The van der Waals surface area contributed by atoms with E-state index in [4.69, 9.17) is 0 Å². The highest BCUT2D eigenvalue weighted by atomic mass is 32.2. The lowest BCUT2D eigenvalue weighted by molar-refractivity contribution is 0.437. The first-order valence-corrected chi connectivity index (χ1v) is 6.21. The second kappa shape index (κ2) is 10.4. The van der Waals surface area contributed by atoms with E-state index in [0.717, 1.165) is 0 Å². The fourth-order valence-corrected chi connectivity index (χ4v) is 1.90. The molecule has 0 amide bonds. The summed E-state index contributed by atoms with van der Waals surface area (Å²) in [5.74, 6) is 0. The van der Waals surface area contributed by atoms with Crippen LogP contribution in [0.25, 0.3) is 0 Å². The van der Waals surface area contributed by atoms with Gasteiger partial charge in [-0.15, -0.1) is 0 Å². The van der Waals surface area contributed by atoms with Gasteiger partial charge in [-0.25, -0.2) is 4.31 Å². The summed E-state index contributed by atoms with van der Waals surface area (Å²) in [5, 5.41) is 0. The van der Waals surface area contributed by atoms with Crippen molar-refractivity contribution in [2.75, 3.05) is 20.1 Å². The van der Waals surface area contributed by atoms with Gasteiger partial charge in [-0.2, -0.15) is 0 Å². The van der Waals surface area contributed by atoms with Gasteiger partial charge in [0.15, 0.2) is 0 Å². The van der Waals surface area contributed by atoms with Gasteiger partial charge in [0.2, 0.25) is 0 Å². The van der Waals surface area contributed by atoms with Crippen LogP contribution in [-0.4, -0.2) is 24.4 Å². The van der Waals surface area contributed by atoms with E-state index in [9.17, 15) is 0 Å². The van der Waals surface area contributed by atoms with Gasteiger partial charge in [0.1, 0.15) is 0 Å². The first kappa shape index (κ1) is 13.3. The molecule has 0 unspecified atom stereocenters. The topological polar surface area (TPSA) is 15.3 Å². The minimum atomic E-state index is 1.21. The molecule has 0 aliphatic rings. The third-order valence-electron chi connectivity index (χ3n) is 1.99. The minimum absolute atomic E-state index is 1.21. The van der Waals surface area contributed by atoms with Crippen LogP contribution in [0.3, 0.4) is 0 Å². The maximum Gasteiger partial charge on any atom is 0.0101 e. The van der Waals surface area contributed by atoms with Crippen LogP contribution < -0.4 is 4.72 Å². The Bertz CT molecular complexity index is 98.9. The van der Waals surface area contributed by atoms with Crippen LogP contribution in [0.2, 0.25) is 0 Å². The maximum absolute atomic E-state index is 3.15. The summed E-state index contributed by atoms with van der Waals surface area (Å²) in [4.78, 5) is 0. The molecule has 0 fully saturated rings. The molecule has 0 atom stereocenters. The van der Waals surface area contributed by atoms with E-state index in [1.54, 1.807) is 12.1 Å². The normalized spacial score (nSPS) is 11.1.